The molecule has 0 radical (unpaired) electrons. The van der Waals surface area contributed by atoms with Crippen LogP contribution in [0.2, 0.25) is 0 Å². The summed E-state index contributed by atoms with van der Waals surface area (Å²) < 4.78 is 33.6. The van der Waals surface area contributed by atoms with Crippen molar-refractivity contribution in [1.82, 2.24) is 8.61 Å². The highest BCUT2D eigenvalue weighted by molar-refractivity contribution is 7.86. The van der Waals surface area contributed by atoms with Crippen LogP contribution in [-0.2, 0) is 14.9 Å². The molecule has 1 atom stereocenters. The molecule has 18 heavy (non-hydrogen) atoms. The highest BCUT2D eigenvalue weighted by Gasteiger charge is 2.36. The fraction of sp³-hybridized carbons (Fsp3) is 1.00. The van der Waals surface area contributed by atoms with Crippen LogP contribution < -0.4 is 0 Å². The zero-order chi connectivity index (χ0) is 13.0. The zero-order valence-corrected chi connectivity index (χ0v) is 12.1. The van der Waals surface area contributed by atoms with Crippen LogP contribution in [0, 0.1) is 0 Å². The Labute approximate surface area is 114 Å². The van der Waals surface area contributed by atoms with Gasteiger partial charge >= 0.3 is 0 Å². The summed E-state index contributed by atoms with van der Waals surface area (Å²) in [6, 6.07) is -0.228. The van der Waals surface area contributed by atoms with Crippen LogP contribution in [0.4, 0.5) is 0 Å². The van der Waals surface area contributed by atoms with Crippen LogP contribution in [0.1, 0.15) is 25.7 Å². The van der Waals surface area contributed by atoms with Crippen molar-refractivity contribution in [3.63, 3.8) is 0 Å². The SMILES string of the molecule is O=S(=O)(N1CCCCCC1)N1CCOCC1CCl. The van der Waals surface area contributed by atoms with Gasteiger partial charge in [0.2, 0.25) is 0 Å². The Morgan fingerprint density at radius 2 is 1.78 bits per heavy atom. The van der Waals surface area contributed by atoms with Gasteiger partial charge in [0.25, 0.3) is 10.2 Å². The molecule has 0 N–H and O–H groups in total. The summed E-state index contributed by atoms with van der Waals surface area (Å²) in [5.74, 6) is 0.285. The van der Waals surface area contributed by atoms with Crippen LogP contribution in [-0.4, -0.2) is 61.8 Å². The van der Waals surface area contributed by atoms with Gasteiger partial charge in [0.15, 0.2) is 0 Å². The van der Waals surface area contributed by atoms with Gasteiger partial charge in [0.1, 0.15) is 0 Å². The van der Waals surface area contributed by atoms with Crippen LogP contribution >= 0.6 is 11.6 Å². The van der Waals surface area contributed by atoms with E-state index in [0.717, 1.165) is 25.7 Å². The number of halogens is 1. The summed E-state index contributed by atoms with van der Waals surface area (Å²) in [5.41, 5.74) is 0. The second-order valence-corrected chi connectivity index (χ2v) is 7.00. The minimum atomic E-state index is -3.37. The summed E-state index contributed by atoms with van der Waals surface area (Å²) in [5, 5.41) is 0. The molecule has 2 saturated heterocycles. The van der Waals surface area contributed by atoms with Crippen molar-refractivity contribution < 1.29 is 13.2 Å². The van der Waals surface area contributed by atoms with Crippen molar-refractivity contribution in [2.75, 3.05) is 38.7 Å². The molecule has 0 saturated carbocycles. The van der Waals surface area contributed by atoms with E-state index >= 15 is 0 Å². The van der Waals surface area contributed by atoms with Gasteiger partial charge in [-0.1, -0.05) is 12.8 Å². The molecule has 106 valence electrons. The molecule has 2 fully saturated rings. The lowest BCUT2D eigenvalue weighted by Crippen LogP contribution is -2.54. The predicted molar refractivity (Wildman–Crippen MR) is 71.0 cm³/mol. The Balaban J connectivity index is 2.12. The zero-order valence-electron chi connectivity index (χ0n) is 10.6. The lowest BCUT2D eigenvalue weighted by Gasteiger charge is -2.36. The highest BCUT2D eigenvalue weighted by atomic mass is 35.5. The first-order chi connectivity index (χ1) is 8.66. The summed E-state index contributed by atoms with van der Waals surface area (Å²) in [4.78, 5) is 0. The lowest BCUT2D eigenvalue weighted by molar-refractivity contribution is 0.0376. The van der Waals surface area contributed by atoms with Crippen molar-refractivity contribution in [3.05, 3.63) is 0 Å². The van der Waals surface area contributed by atoms with Crippen LogP contribution in [0.25, 0.3) is 0 Å². The predicted octanol–water partition coefficient (Wildman–Crippen LogP) is 1.05. The Morgan fingerprint density at radius 1 is 1.11 bits per heavy atom. The number of nitrogens with zero attached hydrogens (tertiary/aromatic N) is 2. The monoisotopic (exact) mass is 296 g/mol. The first-order valence-corrected chi connectivity index (χ1v) is 8.50. The van der Waals surface area contributed by atoms with Gasteiger partial charge in [0, 0.05) is 25.5 Å². The topological polar surface area (TPSA) is 49.9 Å². The Kier molecular flexibility index (Phi) is 5.26. The van der Waals surface area contributed by atoms with Crippen molar-refractivity contribution in [3.8, 4) is 0 Å². The van der Waals surface area contributed by atoms with Crippen LogP contribution in [0.15, 0.2) is 0 Å². The normalized spacial score (nSPS) is 29.1. The van der Waals surface area contributed by atoms with Crippen molar-refractivity contribution in [1.29, 1.82) is 0 Å². The minimum absolute atomic E-state index is 0.228. The number of hydrogen-bond acceptors (Lipinski definition) is 3. The van der Waals surface area contributed by atoms with Crippen molar-refractivity contribution in [2.24, 2.45) is 0 Å². The number of hydrogen-bond donors (Lipinski definition) is 0. The standard InChI is InChI=1S/C11H21ClN2O3S/c12-9-11-10-17-8-7-14(11)18(15,16)13-5-3-1-2-4-6-13/h11H,1-10H2. The molecule has 0 aliphatic carbocycles. The van der Waals surface area contributed by atoms with Gasteiger partial charge in [-0.05, 0) is 12.8 Å². The third-order valence-corrected chi connectivity index (χ3v) is 5.99. The van der Waals surface area contributed by atoms with Crippen LogP contribution in [0.5, 0.6) is 0 Å². The smallest absolute Gasteiger partial charge is 0.282 e. The Morgan fingerprint density at radius 3 is 2.39 bits per heavy atom. The van der Waals surface area contributed by atoms with E-state index in [2.05, 4.69) is 0 Å². The summed E-state index contributed by atoms with van der Waals surface area (Å²) in [6.07, 6.45) is 4.15. The van der Waals surface area contributed by atoms with Gasteiger partial charge < -0.3 is 4.74 Å². The molecule has 0 aromatic carbocycles. The fourth-order valence-corrected chi connectivity index (χ4v) is 4.66. The maximum Gasteiger partial charge on any atom is 0.282 e. The van der Waals surface area contributed by atoms with E-state index in [1.54, 1.807) is 4.31 Å². The molecule has 7 heteroatoms. The Hall–Kier alpha value is 0.120. The molecule has 2 aliphatic heterocycles. The second-order valence-electron chi connectivity index (χ2n) is 4.81. The van der Waals surface area contributed by atoms with E-state index in [9.17, 15) is 8.42 Å². The highest BCUT2D eigenvalue weighted by Crippen LogP contribution is 2.20. The molecule has 1 unspecified atom stereocenters. The van der Waals surface area contributed by atoms with Gasteiger partial charge in [-0.3, -0.25) is 0 Å². The quantitative estimate of drug-likeness (QED) is 0.732. The first kappa shape index (κ1) is 14.5. The maximum absolute atomic E-state index is 12.6. The molecular formula is C11H21ClN2O3S. The molecule has 0 amide bonds. The number of alkyl halides is 1. The largest absolute Gasteiger partial charge is 0.378 e. The van der Waals surface area contributed by atoms with Crippen LogP contribution in [0.3, 0.4) is 0 Å². The molecule has 0 spiro atoms. The van der Waals surface area contributed by atoms with E-state index in [1.807, 2.05) is 0 Å². The second kappa shape index (κ2) is 6.52. The molecular weight excluding hydrogens is 276 g/mol. The summed E-state index contributed by atoms with van der Waals surface area (Å²) >= 11 is 5.85. The maximum atomic E-state index is 12.6. The summed E-state index contributed by atoms with van der Waals surface area (Å²) in [6.45, 7) is 2.54. The number of ether oxygens (including phenoxy) is 1. The molecule has 0 bridgehead atoms. The molecule has 2 rings (SSSR count). The van der Waals surface area contributed by atoms with Gasteiger partial charge in [-0.2, -0.15) is 17.0 Å². The van der Waals surface area contributed by atoms with E-state index in [-0.39, 0.29) is 11.9 Å². The minimum Gasteiger partial charge on any atom is -0.378 e. The van der Waals surface area contributed by atoms with E-state index in [1.165, 1.54) is 4.31 Å². The lowest BCUT2D eigenvalue weighted by atomic mass is 10.2. The van der Waals surface area contributed by atoms with Gasteiger partial charge in [-0.15, -0.1) is 11.6 Å². The molecule has 5 nitrogen and oxygen atoms in total. The van der Waals surface area contributed by atoms with Crippen molar-refractivity contribution in [2.45, 2.75) is 31.7 Å². The Bertz CT molecular complexity index is 355. The van der Waals surface area contributed by atoms with Gasteiger partial charge in [-0.25, -0.2) is 0 Å². The fourth-order valence-electron chi connectivity index (χ4n) is 2.49. The summed E-state index contributed by atoms with van der Waals surface area (Å²) in [7, 11) is -3.37. The van der Waals surface area contributed by atoms with Crippen molar-refractivity contribution >= 4 is 21.8 Å². The third kappa shape index (κ3) is 3.17. The molecule has 0 aromatic heterocycles. The first-order valence-electron chi connectivity index (χ1n) is 6.57. The average molecular weight is 297 g/mol. The molecule has 0 aromatic rings. The van der Waals surface area contributed by atoms with E-state index < -0.39 is 10.2 Å². The average Bonchev–Trinajstić information content (AvgIpc) is 2.68. The molecule has 2 aliphatic rings. The molecule has 2 heterocycles. The van der Waals surface area contributed by atoms with E-state index in [4.69, 9.17) is 16.3 Å². The van der Waals surface area contributed by atoms with E-state index in [0.29, 0.717) is 32.8 Å². The number of morpholine rings is 1. The number of rotatable bonds is 3. The third-order valence-electron chi connectivity index (χ3n) is 3.54. The van der Waals surface area contributed by atoms with Gasteiger partial charge in [0.05, 0.1) is 19.3 Å².